The molecule has 1 spiro atoms. The lowest BCUT2D eigenvalue weighted by Gasteiger charge is -2.43. The summed E-state index contributed by atoms with van der Waals surface area (Å²) in [5.74, 6) is -0.370. The molecule has 4 rings (SSSR count). The fourth-order valence-electron chi connectivity index (χ4n) is 5.29. The number of likely N-dealkylation sites (N-methyl/N-ethyl adjacent to an activating group) is 1. The van der Waals surface area contributed by atoms with Crippen LogP contribution in [0.15, 0.2) is 30.3 Å². The van der Waals surface area contributed by atoms with Crippen molar-refractivity contribution in [1.82, 2.24) is 19.6 Å². The molecule has 1 aromatic rings. The van der Waals surface area contributed by atoms with Gasteiger partial charge in [-0.25, -0.2) is 4.79 Å². The third kappa shape index (κ3) is 5.62. The van der Waals surface area contributed by atoms with E-state index >= 15 is 0 Å². The summed E-state index contributed by atoms with van der Waals surface area (Å²) in [6.07, 6.45) is 2.85. The number of amides is 3. The number of hydrogen-bond donors (Lipinski definition) is 1. The molecule has 2 saturated heterocycles. The molecular formula is C26H38N4O5. The van der Waals surface area contributed by atoms with E-state index in [-0.39, 0.29) is 36.5 Å². The summed E-state index contributed by atoms with van der Waals surface area (Å²) in [6, 6.07) is 8.10. The molecule has 1 aliphatic carbocycles. The number of carbonyl (C=O) groups excluding carboxylic acids is 3. The van der Waals surface area contributed by atoms with Crippen LogP contribution < -0.4 is 0 Å². The van der Waals surface area contributed by atoms with Crippen molar-refractivity contribution in [3.05, 3.63) is 35.9 Å². The SMILES string of the molecule is C[C@H]1C(=O)N([C@@H](CCN2CCC3(CC3)[C@H](O)C2)C(=O)N(C)C)CCN1C(=O)OCc1ccccc1. The Kier molecular flexibility index (Phi) is 7.66. The third-order valence-electron chi connectivity index (χ3n) is 7.91. The van der Waals surface area contributed by atoms with Crippen LogP contribution in [0.25, 0.3) is 0 Å². The number of β-amino-alcohol motifs (C(OH)–C–C–N with tert-alkyl or cyclic N) is 1. The Hall–Kier alpha value is -2.65. The first-order chi connectivity index (χ1) is 16.7. The molecule has 0 bridgehead atoms. The van der Waals surface area contributed by atoms with Gasteiger partial charge in [0, 0.05) is 40.3 Å². The normalized spacial score (nSPS) is 24.9. The summed E-state index contributed by atoms with van der Waals surface area (Å²) in [6.45, 7) is 4.58. The number of ether oxygens (including phenoxy) is 1. The van der Waals surface area contributed by atoms with E-state index in [1.54, 1.807) is 25.9 Å². The van der Waals surface area contributed by atoms with Crippen LogP contribution in [0.4, 0.5) is 4.79 Å². The zero-order valence-corrected chi connectivity index (χ0v) is 21.1. The summed E-state index contributed by atoms with van der Waals surface area (Å²) in [4.78, 5) is 45.9. The Morgan fingerprint density at radius 2 is 1.86 bits per heavy atom. The maximum absolute atomic E-state index is 13.3. The van der Waals surface area contributed by atoms with Crippen molar-refractivity contribution in [2.24, 2.45) is 5.41 Å². The first kappa shape index (κ1) is 25.4. The Morgan fingerprint density at radius 3 is 2.49 bits per heavy atom. The molecule has 2 aliphatic heterocycles. The van der Waals surface area contributed by atoms with E-state index in [4.69, 9.17) is 4.74 Å². The second kappa shape index (κ2) is 10.5. The van der Waals surface area contributed by atoms with Gasteiger partial charge in [-0.1, -0.05) is 30.3 Å². The van der Waals surface area contributed by atoms with Gasteiger partial charge in [-0.15, -0.1) is 0 Å². The molecule has 192 valence electrons. The molecule has 35 heavy (non-hydrogen) atoms. The zero-order chi connectivity index (χ0) is 25.2. The maximum Gasteiger partial charge on any atom is 0.410 e. The Labute approximate surface area is 207 Å². The van der Waals surface area contributed by atoms with E-state index in [1.165, 1.54) is 9.80 Å². The van der Waals surface area contributed by atoms with Crippen molar-refractivity contribution in [1.29, 1.82) is 0 Å². The molecule has 2 heterocycles. The van der Waals surface area contributed by atoms with Gasteiger partial charge in [-0.3, -0.25) is 14.5 Å². The van der Waals surface area contributed by atoms with Crippen molar-refractivity contribution in [2.75, 3.05) is 46.8 Å². The van der Waals surface area contributed by atoms with Gasteiger partial charge in [-0.05, 0) is 50.1 Å². The van der Waals surface area contributed by atoms with Gasteiger partial charge < -0.3 is 24.5 Å². The standard InChI is InChI=1S/C26H38N4O5/c1-19-23(32)30(16-15-29(19)25(34)35-18-20-7-5-4-6-8-20)21(24(33)27(2)3)9-13-28-14-12-26(10-11-26)22(31)17-28/h4-8,19,21-22,31H,9-18H2,1-3H3/t19-,21-,22+/m0/s1. The second-order valence-corrected chi connectivity index (χ2v) is 10.4. The number of aliphatic hydroxyl groups excluding tert-OH is 1. The molecule has 9 nitrogen and oxygen atoms in total. The molecular weight excluding hydrogens is 448 g/mol. The number of benzene rings is 1. The van der Waals surface area contributed by atoms with Gasteiger partial charge in [-0.2, -0.15) is 0 Å². The highest BCUT2D eigenvalue weighted by Gasteiger charge is 2.51. The minimum atomic E-state index is -0.712. The van der Waals surface area contributed by atoms with E-state index < -0.39 is 18.2 Å². The van der Waals surface area contributed by atoms with Gasteiger partial charge in [0.2, 0.25) is 11.8 Å². The van der Waals surface area contributed by atoms with E-state index in [2.05, 4.69) is 4.90 Å². The predicted molar refractivity (Wildman–Crippen MR) is 130 cm³/mol. The van der Waals surface area contributed by atoms with Crippen molar-refractivity contribution in [3.8, 4) is 0 Å². The van der Waals surface area contributed by atoms with Crippen molar-refractivity contribution in [2.45, 2.75) is 57.4 Å². The minimum Gasteiger partial charge on any atom is -0.445 e. The smallest absolute Gasteiger partial charge is 0.410 e. The fraction of sp³-hybridized carbons (Fsp3) is 0.654. The number of aliphatic hydroxyl groups is 1. The van der Waals surface area contributed by atoms with Crippen LogP contribution in [0, 0.1) is 5.41 Å². The monoisotopic (exact) mass is 486 g/mol. The lowest BCUT2D eigenvalue weighted by Crippen LogP contribution is -2.62. The number of likely N-dealkylation sites (tertiary alicyclic amines) is 1. The van der Waals surface area contributed by atoms with Crippen molar-refractivity contribution < 1.29 is 24.2 Å². The lowest BCUT2D eigenvalue weighted by atomic mass is 9.90. The summed E-state index contributed by atoms with van der Waals surface area (Å²) >= 11 is 0. The average molecular weight is 487 g/mol. The van der Waals surface area contributed by atoms with Crippen LogP contribution in [0.1, 0.15) is 38.2 Å². The van der Waals surface area contributed by atoms with Crippen molar-refractivity contribution in [3.63, 3.8) is 0 Å². The van der Waals surface area contributed by atoms with Crippen LogP contribution >= 0.6 is 0 Å². The molecule has 9 heteroatoms. The lowest BCUT2D eigenvalue weighted by molar-refractivity contribution is -0.151. The summed E-state index contributed by atoms with van der Waals surface area (Å²) in [7, 11) is 3.39. The first-order valence-electron chi connectivity index (χ1n) is 12.6. The molecule has 0 radical (unpaired) electrons. The molecule has 3 amide bonds. The van der Waals surface area contributed by atoms with Crippen molar-refractivity contribution >= 4 is 17.9 Å². The summed E-state index contributed by atoms with van der Waals surface area (Å²) < 4.78 is 5.44. The van der Waals surface area contributed by atoms with Gasteiger partial charge in [0.1, 0.15) is 18.7 Å². The molecule has 3 fully saturated rings. The zero-order valence-electron chi connectivity index (χ0n) is 21.1. The molecule has 3 atom stereocenters. The van der Waals surface area contributed by atoms with Crippen LogP contribution in [0.2, 0.25) is 0 Å². The fourth-order valence-corrected chi connectivity index (χ4v) is 5.29. The molecule has 1 N–H and O–H groups in total. The Bertz CT molecular complexity index is 920. The minimum absolute atomic E-state index is 0.123. The van der Waals surface area contributed by atoms with Crippen LogP contribution in [-0.4, -0.2) is 108 Å². The molecule has 1 saturated carbocycles. The highest BCUT2D eigenvalue weighted by molar-refractivity contribution is 5.91. The van der Waals surface area contributed by atoms with E-state index in [9.17, 15) is 19.5 Å². The first-order valence-corrected chi connectivity index (χ1v) is 12.6. The highest BCUT2D eigenvalue weighted by atomic mass is 16.6. The molecule has 0 aromatic heterocycles. The summed E-state index contributed by atoms with van der Waals surface area (Å²) in [5, 5.41) is 10.5. The maximum atomic E-state index is 13.3. The largest absolute Gasteiger partial charge is 0.445 e. The van der Waals surface area contributed by atoms with E-state index in [0.717, 1.165) is 31.4 Å². The Balaban J connectivity index is 1.36. The number of carbonyl (C=O) groups is 3. The van der Waals surface area contributed by atoms with Gasteiger partial charge in [0.05, 0.1) is 6.10 Å². The van der Waals surface area contributed by atoms with E-state index in [0.29, 0.717) is 26.1 Å². The number of piperazine rings is 1. The van der Waals surface area contributed by atoms with Crippen LogP contribution in [-0.2, 0) is 20.9 Å². The third-order valence-corrected chi connectivity index (χ3v) is 7.91. The van der Waals surface area contributed by atoms with Gasteiger partial charge in [0.15, 0.2) is 0 Å². The van der Waals surface area contributed by atoms with Gasteiger partial charge in [0.25, 0.3) is 0 Å². The Morgan fingerprint density at radius 1 is 1.14 bits per heavy atom. The number of piperidine rings is 1. The van der Waals surface area contributed by atoms with E-state index in [1.807, 2.05) is 30.3 Å². The van der Waals surface area contributed by atoms with Gasteiger partial charge >= 0.3 is 6.09 Å². The van der Waals surface area contributed by atoms with Crippen LogP contribution in [0.5, 0.6) is 0 Å². The second-order valence-electron chi connectivity index (χ2n) is 10.4. The quantitative estimate of drug-likeness (QED) is 0.629. The number of nitrogens with zero attached hydrogens (tertiary/aromatic N) is 4. The molecule has 0 unspecified atom stereocenters. The topological polar surface area (TPSA) is 93.6 Å². The molecule has 1 aromatic carbocycles. The number of hydrogen-bond acceptors (Lipinski definition) is 6. The van der Waals surface area contributed by atoms with Crippen LogP contribution in [0.3, 0.4) is 0 Å². The number of rotatable bonds is 7. The average Bonchev–Trinajstić information content (AvgIpc) is 3.63. The predicted octanol–water partition coefficient (Wildman–Crippen LogP) is 1.55. The summed E-state index contributed by atoms with van der Waals surface area (Å²) in [5.41, 5.74) is 1.01. The highest BCUT2D eigenvalue weighted by Crippen LogP contribution is 2.53. The molecule has 3 aliphatic rings.